The molecule has 10 aromatic rings. The van der Waals surface area contributed by atoms with Gasteiger partial charge in [0, 0.05) is 49.3 Å². The van der Waals surface area contributed by atoms with Gasteiger partial charge in [-0.05, 0) is 70.8 Å². The van der Waals surface area contributed by atoms with Crippen LogP contribution >= 0.6 is 0 Å². The SMILES string of the molecule is [2H]c1cc([2H])c2c(c1)-c1cc3c4cc([2H])cc([2H])c4n(-c4ccc5oc6cc(-c7nc(-c8ccccc8)nc(-c8ccccc8)n7)ccc6c5c4)c3cc1C2(C)C. The Balaban J connectivity index is 1.09. The van der Waals surface area contributed by atoms with E-state index in [-0.39, 0.29) is 12.1 Å². The highest BCUT2D eigenvalue weighted by Gasteiger charge is 2.36. The molecule has 0 amide bonds. The molecule has 0 atom stereocenters. The van der Waals surface area contributed by atoms with Crippen molar-refractivity contribution < 1.29 is 9.90 Å². The van der Waals surface area contributed by atoms with Crippen molar-refractivity contribution in [1.29, 1.82) is 0 Å². The van der Waals surface area contributed by atoms with Gasteiger partial charge < -0.3 is 8.98 Å². The molecule has 0 radical (unpaired) electrons. The van der Waals surface area contributed by atoms with E-state index in [4.69, 9.17) is 24.9 Å². The zero-order valence-corrected chi connectivity index (χ0v) is 28.9. The summed E-state index contributed by atoms with van der Waals surface area (Å²) in [5.41, 5.74) is 9.91. The minimum absolute atomic E-state index is 0.263. The standard InChI is InChI=1S/C48H32N4O/c1-48(2)39-19-11-9-17-33(39)36-27-37-34-18-10-12-20-41(34)52(42(37)28-40(36)48)32-22-24-43-38(26-32)35-23-21-31(25-44(35)53-43)47-50-45(29-13-5-3-6-14-29)49-46(51-47)30-15-7-4-8-16-30/h3-28H,1-2H3/i9D,10D,19D,20D. The van der Waals surface area contributed by atoms with E-state index in [1.807, 2.05) is 103 Å². The number of hydrogen-bond donors (Lipinski definition) is 0. The molecule has 1 aliphatic rings. The van der Waals surface area contributed by atoms with Gasteiger partial charge in [0.15, 0.2) is 17.5 Å². The van der Waals surface area contributed by atoms with Crippen LogP contribution in [-0.2, 0) is 5.41 Å². The summed E-state index contributed by atoms with van der Waals surface area (Å²) < 4.78 is 43.5. The first-order chi connectivity index (χ1) is 27.6. The highest BCUT2D eigenvalue weighted by Crippen LogP contribution is 2.51. The van der Waals surface area contributed by atoms with E-state index in [0.29, 0.717) is 40.7 Å². The molecule has 250 valence electrons. The van der Waals surface area contributed by atoms with Crippen molar-refractivity contribution in [2.45, 2.75) is 19.3 Å². The molecule has 0 saturated heterocycles. The minimum Gasteiger partial charge on any atom is -0.456 e. The molecule has 53 heavy (non-hydrogen) atoms. The second-order valence-electron chi connectivity index (χ2n) is 14.2. The molecule has 0 bridgehead atoms. The molecule has 0 unspecified atom stereocenters. The van der Waals surface area contributed by atoms with Crippen molar-refractivity contribution in [1.82, 2.24) is 19.5 Å². The molecule has 0 aliphatic heterocycles. The summed E-state index contributed by atoms with van der Waals surface area (Å²) in [6.07, 6.45) is 0. The summed E-state index contributed by atoms with van der Waals surface area (Å²) in [5, 5.41) is 3.59. The summed E-state index contributed by atoms with van der Waals surface area (Å²) in [5.74, 6) is 1.72. The number of furan rings is 1. The van der Waals surface area contributed by atoms with E-state index in [2.05, 4.69) is 36.6 Å². The van der Waals surface area contributed by atoms with Gasteiger partial charge in [0.1, 0.15) is 11.2 Å². The third kappa shape index (κ3) is 4.47. The van der Waals surface area contributed by atoms with Crippen molar-refractivity contribution >= 4 is 43.7 Å². The minimum atomic E-state index is -0.472. The molecule has 3 aromatic heterocycles. The molecular formula is C48H32N4O. The van der Waals surface area contributed by atoms with Crippen LogP contribution in [0.1, 0.15) is 30.5 Å². The fourth-order valence-corrected chi connectivity index (χ4v) is 8.12. The van der Waals surface area contributed by atoms with Crippen LogP contribution in [0.25, 0.3) is 94.7 Å². The second-order valence-corrected chi connectivity index (χ2v) is 14.2. The van der Waals surface area contributed by atoms with Crippen molar-refractivity contribution in [3.8, 4) is 51.0 Å². The molecule has 3 heterocycles. The van der Waals surface area contributed by atoms with E-state index >= 15 is 0 Å². The van der Waals surface area contributed by atoms with Gasteiger partial charge in [-0.25, -0.2) is 15.0 Å². The normalized spacial score (nSPS) is 14.3. The van der Waals surface area contributed by atoms with E-state index in [1.165, 1.54) is 0 Å². The first-order valence-electron chi connectivity index (χ1n) is 19.7. The summed E-state index contributed by atoms with van der Waals surface area (Å²) in [6.45, 7) is 4.27. The predicted molar refractivity (Wildman–Crippen MR) is 215 cm³/mol. The number of fused-ring (bicyclic) bond motifs is 9. The predicted octanol–water partition coefficient (Wildman–Crippen LogP) is 12.2. The maximum Gasteiger partial charge on any atom is 0.164 e. The second kappa shape index (κ2) is 11.1. The first kappa shape index (κ1) is 26.0. The van der Waals surface area contributed by atoms with E-state index in [1.54, 1.807) is 12.1 Å². The lowest BCUT2D eigenvalue weighted by atomic mass is 9.82. The maximum atomic E-state index is 9.13. The number of benzene rings is 7. The van der Waals surface area contributed by atoms with Gasteiger partial charge >= 0.3 is 0 Å². The largest absolute Gasteiger partial charge is 0.456 e. The Morgan fingerprint density at radius 2 is 1.21 bits per heavy atom. The van der Waals surface area contributed by atoms with Crippen LogP contribution in [-0.4, -0.2) is 19.5 Å². The van der Waals surface area contributed by atoms with Gasteiger partial charge in [0.25, 0.3) is 0 Å². The van der Waals surface area contributed by atoms with Gasteiger partial charge in [-0.15, -0.1) is 0 Å². The highest BCUT2D eigenvalue weighted by atomic mass is 16.3. The summed E-state index contributed by atoms with van der Waals surface area (Å²) >= 11 is 0. The summed E-state index contributed by atoms with van der Waals surface area (Å²) in [7, 11) is 0. The smallest absolute Gasteiger partial charge is 0.164 e. The quantitative estimate of drug-likeness (QED) is 0.185. The summed E-state index contributed by atoms with van der Waals surface area (Å²) in [4.78, 5) is 14.7. The molecule has 0 fully saturated rings. The van der Waals surface area contributed by atoms with Crippen molar-refractivity contribution in [2.75, 3.05) is 0 Å². The Morgan fingerprint density at radius 3 is 1.96 bits per heavy atom. The maximum absolute atomic E-state index is 9.13. The van der Waals surface area contributed by atoms with Crippen LogP contribution < -0.4 is 0 Å². The molecule has 0 N–H and O–H groups in total. The van der Waals surface area contributed by atoms with Gasteiger partial charge in [-0.3, -0.25) is 0 Å². The van der Waals surface area contributed by atoms with E-state index < -0.39 is 5.41 Å². The molecule has 5 nitrogen and oxygen atoms in total. The van der Waals surface area contributed by atoms with Crippen LogP contribution in [0, 0.1) is 0 Å². The molecule has 1 aliphatic carbocycles. The zero-order valence-electron chi connectivity index (χ0n) is 32.9. The molecule has 0 spiro atoms. The zero-order chi connectivity index (χ0) is 38.7. The molecule has 5 heteroatoms. The Kier molecular flexibility index (Phi) is 5.43. The average Bonchev–Trinajstić information content (AvgIpc) is 3.82. The number of aromatic nitrogens is 4. The molecular weight excluding hydrogens is 649 g/mol. The van der Waals surface area contributed by atoms with Gasteiger partial charge in [0.05, 0.1) is 16.5 Å². The van der Waals surface area contributed by atoms with Gasteiger partial charge in [-0.2, -0.15) is 0 Å². The van der Waals surface area contributed by atoms with Crippen LogP contribution in [0.15, 0.2) is 162 Å². The Bertz CT molecular complexity index is 3260. The fourth-order valence-electron chi connectivity index (χ4n) is 8.12. The lowest BCUT2D eigenvalue weighted by Gasteiger charge is -2.21. The van der Waals surface area contributed by atoms with Crippen molar-refractivity contribution in [3.63, 3.8) is 0 Å². The molecule has 11 rings (SSSR count). The van der Waals surface area contributed by atoms with Crippen molar-refractivity contribution in [2.24, 2.45) is 0 Å². The van der Waals surface area contributed by atoms with E-state index in [0.717, 1.165) is 77.3 Å². The topological polar surface area (TPSA) is 56.7 Å². The third-order valence-electron chi connectivity index (χ3n) is 10.7. The number of nitrogens with zero attached hydrogens (tertiary/aromatic N) is 4. The third-order valence-corrected chi connectivity index (χ3v) is 10.7. The van der Waals surface area contributed by atoms with Crippen LogP contribution in [0.5, 0.6) is 0 Å². The lowest BCUT2D eigenvalue weighted by molar-refractivity contribution is 0.661. The Morgan fingerprint density at radius 1 is 0.509 bits per heavy atom. The number of rotatable bonds is 4. The first-order valence-corrected chi connectivity index (χ1v) is 17.7. The number of para-hydroxylation sites is 1. The van der Waals surface area contributed by atoms with Gasteiger partial charge in [0.2, 0.25) is 0 Å². The van der Waals surface area contributed by atoms with Crippen LogP contribution in [0.3, 0.4) is 0 Å². The Hall–Kier alpha value is -6.85. The van der Waals surface area contributed by atoms with Crippen LogP contribution in [0.4, 0.5) is 0 Å². The van der Waals surface area contributed by atoms with Gasteiger partial charge in [-0.1, -0.05) is 123 Å². The molecule has 0 saturated carbocycles. The lowest BCUT2D eigenvalue weighted by Crippen LogP contribution is -2.14. The Labute approximate surface area is 311 Å². The fraction of sp³-hybridized carbons (Fsp3) is 0.0625. The monoisotopic (exact) mass is 684 g/mol. The number of hydrogen-bond acceptors (Lipinski definition) is 4. The van der Waals surface area contributed by atoms with E-state index in [9.17, 15) is 0 Å². The van der Waals surface area contributed by atoms with Crippen molar-refractivity contribution in [3.05, 3.63) is 169 Å². The molecule has 7 aromatic carbocycles. The average molecular weight is 685 g/mol. The van der Waals surface area contributed by atoms with Crippen LogP contribution in [0.2, 0.25) is 0 Å². The summed E-state index contributed by atoms with van der Waals surface area (Å²) in [6, 6.07) is 44.4. The highest BCUT2D eigenvalue weighted by molar-refractivity contribution is 6.12.